The van der Waals surface area contributed by atoms with E-state index >= 15 is 0 Å². The van der Waals surface area contributed by atoms with Gasteiger partial charge in [0.05, 0.1) is 0 Å². The molecule has 0 aliphatic rings. The second-order valence-corrected chi connectivity index (χ2v) is 5.23. The molecule has 0 atom stereocenters. The third kappa shape index (κ3) is 2.20. The summed E-state index contributed by atoms with van der Waals surface area (Å²) in [5, 5.41) is 0.474. The average molecular weight is 374 g/mol. The summed E-state index contributed by atoms with van der Waals surface area (Å²) in [7, 11) is 1.34. The first-order valence-corrected chi connectivity index (χ1v) is 5.90. The van der Waals surface area contributed by atoms with E-state index in [9.17, 15) is 4.79 Å². The van der Waals surface area contributed by atoms with Gasteiger partial charge in [-0.05, 0) is 0 Å². The third-order valence-electron chi connectivity index (χ3n) is 1.40. The fourth-order valence-corrected chi connectivity index (χ4v) is 2.51. The van der Waals surface area contributed by atoms with E-state index in [1.54, 1.807) is 12.1 Å². The van der Waals surface area contributed by atoms with E-state index in [1.807, 2.05) is 6.07 Å². The number of hydrogen-bond donors (Lipinski definition) is 0. The second-order valence-electron chi connectivity index (χ2n) is 2.23. The zero-order valence-corrected chi connectivity index (χ0v) is 11.7. The molecule has 0 amide bonds. The van der Waals surface area contributed by atoms with Crippen molar-refractivity contribution in [3.05, 3.63) is 28.8 Å². The molecule has 0 aliphatic carbocycles. The Morgan fingerprint density at radius 3 is 2.75 bits per heavy atom. The molecule has 0 aliphatic heterocycles. The molecule has 60 valence electrons. The number of carbonyl (C=O) groups is 1. The molecule has 2 nitrogen and oxygen atoms in total. The van der Waals surface area contributed by atoms with Crippen LogP contribution in [0.25, 0.3) is 0 Å². The molecule has 4 heteroatoms. The summed E-state index contributed by atoms with van der Waals surface area (Å²) in [5.74, 6) is -0.384. The molecular formula is C8H6ClO2Tl. The number of benzene rings is 1. The predicted molar refractivity (Wildman–Crippen MR) is 48.2 cm³/mol. The van der Waals surface area contributed by atoms with E-state index in [4.69, 9.17) is 11.6 Å². The molecule has 12 heavy (non-hydrogen) atoms. The summed E-state index contributed by atoms with van der Waals surface area (Å²) in [6.45, 7) is 0. The summed E-state index contributed by atoms with van der Waals surface area (Å²) >= 11 is 6.56. The van der Waals surface area contributed by atoms with Crippen LogP contribution in [0.3, 0.4) is 0 Å². The van der Waals surface area contributed by atoms with E-state index in [-0.39, 0.29) is 5.97 Å². The van der Waals surface area contributed by atoms with Crippen LogP contribution in [0.4, 0.5) is 0 Å². The van der Waals surface area contributed by atoms with Crippen molar-refractivity contribution in [3.63, 3.8) is 0 Å². The predicted octanol–water partition coefficient (Wildman–Crippen LogP) is 0.920. The fraction of sp³-hybridized carbons (Fsp3) is 0.125. The van der Waals surface area contributed by atoms with Crippen molar-refractivity contribution >= 4 is 46.5 Å². The van der Waals surface area contributed by atoms with Gasteiger partial charge in [0.25, 0.3) is 0 Å². The van der Waals surface area contributed by atoms with Crippen molar-refractivity contribution < 1.29 is 9.53 Å². The Morgan fingerprint density at radius 2 is 2.25 bits per heavy atom. The van der Waals surface area contributed by atoms with Gasteiger partial charge >= 0.3 is 91.9 Å². The first-order chi connectivity index (χ1) is 5.65. The molecule has 0 fully saturated rings. The molecule has 0 saturated carbocycles. The van der Waals surface area contributed by atoms with Gasteiger partial charge in [-0.1, -0.05) is 0 Å². The summed E-state index contributed by atoms with van der Waals surface area (Å²) in [6.07, 6.45) is 0. The number of rotatable bonds is 1. The Labute approximate surface area is 91.5 Å². The SMILES string of the molecule is COC(=O)c1cc[c]([Tl])cc1Cl. The van der Waals surface area contributed by atoms with E-state index in [0.717, 1.165) is 25.8 Å². The average Bonchev–Trinajstić information content (AvgIpc) is 2.03. The first-order valence-electron chi connectivity index (χ1n) is 3.28. The van der Waals surface area contributed by atoms with Crippen LogP contribution in [-0.4, -0.2) is 38.8 Å². The summed E-state index contributed by atoms with van der Waals surface area (Å²) in [6, 6.07) is 5.39. The van der Waals surface area contributed by atoms with Crippen LogP contribution in [0.2, 0.25) is 5.02 Å². The van der Waals surface area contributed by atoms with E-state index in [0.29, 0.717) is 10.6 Å². The van der Waals surface area contributed by atoms with E-state index < -0.39 is 0 Å². The van der Waals surface area contributed by atoms with E-state index in [2.05, 4.69) is 4.74 Å². The fourth-order valence-electron chi connectivity index (χ4n) is 0.807. The normalized spacial score (nSPS) is 9.42. The van der Waals surface area contributed by atoms with Crippen molar-refractivity contribution in [1.29, 1.82) is 0 Å². The van der Waals surface area contributed by atoms with Gasteiger partial charge in [0.2, 0.25) is 0 Å². The van der Waals surface area contributed by atoms with Gasteiger partial charge in [-0.2, -0.15) is 0 Å². The summed E-state index contributed by atoms with van der Waals surface area (Å²) in [4.78, 5) is 11.1. The van der Waals surface area contributed by atoms with Crippen molar-refractivity contribution in [3.8, 4) is 0 Å². The number of hydrogen-bond acceptors (Lipinski definition) is 2. The van der Waals surface area contributed by atoms with Gasteiger partial charge in [-0.15, -0.1) is 0 Å². The molecule has 0 heterocycles. The second kappa shape index (κ2) is 4.23. The number of carbonyl (C=O) groups excluding carboxylic acids is 1. The molecule has 1 aromatic rings. The molecule has 0 unspecified atom stereocenters. The Balaban J connectivity index is 3.09. The molecule has 0 spiro atoms. The topological polar surface area (TPSA) is 26.3 Å². The van der Waals surface area contributed by atoms with Crippen molar-refractivity contribution in [2.24, 2.45) is 0 Å². The quantitative estimate of drug-likeness (QED) is 0.540. The summed E-state index contributed by atoms with van der Waals surface area (Å²) < 4.78 is 5.73. The van der Waals surface area contributed by atoms with Crippen molar-refractivity contribution in [1.82, 2.24) is 0 Å². The van der Waals surface area contributed by atoms with Crippen LogP contribution in [-0.2, 0) is 4.74 Å². The molecule has 0 saturated heterocycles. The van der Waals surface area contributed by atoms with Crippen LogP contribution < -0.4 is 3.12 Å². The number of halogens is 1. The molecule has 0 N–H and O–H groups in total. The monoisotopic (exact) mass is 374 g/mol. The Morgan fingerprint density at radius 1 is 1.58 bits per heavy atom. The van der Waals surface area contributed by atoms with Gasteiger partial charge in [0.1, 0.15) is 0 Å². The molecular weight excluding hydrogens is 368 g/mol. The third-order valence-corrected chi connectivity index (χ3v) is 3.11. The van der Waals surface area contributed by atoms with Crippen LogP contribution in [0, 0.1) is 0 Å². The summed E-state index contributed by atoms with van der Waals surface area (Å²) in [5.41, 5.74) is 0.434. The zero-order valence-electron chi connectivity index (χ0n) is 6.50. The number of methoxy groups -OCH3 is 1. The van der Waals surface area contributed by atoms with Gasteiger partial charge in [0, 0.05) is 0 Å². The number of ether oxygens (including phenoxy) is 1. The van der Waals surface area contributed by atoms with Gasteiger partial charge < -0.3 is 0 Å². The molecule has 0 radical (unpaired) electrons. The molecule has 0 aromatic heterocycles. The van der Waals surface area contributed by atoms with Gasteiger partial charge in [-0.25, -0.2) is 0 Å². The van der Waals surface area contributed by atoms with Crippen LogP contribution in [0.15, 0.2) is 18.2 Å². The first kappa shape index (κ1) is 9.99. The Bertz CT molecular complexity index is 312. The van der Waals surface area contributed by atoms with Crippen LogP contribution in [0.5, 0.6) is 0 Å². The van der Waals surface area contributed by atoms with Gasteiger partial charge in [-0.3, -0.25) is 0 Å². The van der Waals surface area contributed by atoms with Crippen LogP contribution in [0.1, 0.15) is 10.4 Å². The molecule has 1 rings (SSSR count). The van der Waals surface area contributed by atoms with E-state index in [1.165, 1.54) is 10.2 Å². The molecule has 1 aromatic carbocycles. The zero-order chi connectivity index (χ0) is 9.14. The Hall–Kier alpha value is -0.0979. The van der Waals surface area contributed by atoms with Crippen LogP contribution >= 0.6 is 11.6 Å². The van der Waals surface area contributed by atoms with Gasteiger partial charge in [0.15, 0.2) is 0 Å². The maximum atomic E-state index is 11.1. The number of esters is 1. The van der Waals surface area contributed by atoms with Crippen molar-refractivity contribution in [2.75, 3.05) is 7.11 Å². The maximum absolute atomic E-state index is 11.1. The standard InChI is InChI=1S/C8H6ClO2.Tl/c1-11-8(10)6-4-2-3-5-7(6)9;/h2,4-5H,1H3;. The minimum absolute atomic E-state index is 0.384. The molecule has 0 bridgehead atoms. The minimum atomic E-state index is -0.384. The Kier molecular flexibility index (Phi) is 3.52. The van der Waals surface area contributed by atoms with Crippen molar-refractivity contribution in [2.45, 2.75) is 0 Å².